The summed E-state index contributed by atoms with van der Waals surface area (Å²) in [4.78, 5) is 33.6. The van der Waals surface area contributed by atoms with Gasteiger partial charge in [-0.05, 0) is 30.0 Å². The molecule has 0 unspecified atom stereocenters. The highest BCUT2D eigenvalue weighted by atomic mass is 16.7. The van der Waals surface area contributed by atoms with Crippen LogP contribution in [0.4, 0.5) is 5.69 Å². The molecule has 27 heavy (non-hydrogen) atoms. The summed E-state index contributed by atoms with van der Waals surface area (Å²) >= 11 is 0. The van der Waals surface area contributed by atoms with Crippen LogP contribution in [0.3, 0.4) is 0 Å². The van der Waals surface area contributed by atoms with Gasteiger partial charge in [-0.3, -0.25) is 19.3 Å². The molecule has 5 heteroatoms. The first-order chi connectivity index (χ1) is 13.1. The van der Waals surface area contributed by atoms with Crippen molar-refractivity contribution < 1.29 is 14.4 Å². The van der Waals surface area contributed by atoms with Crippen molar-refractivity contribution in [2.75, 3.05) is 5.06 Å². The Morgan fingerprint density at radius 3 is 2.19 bits per heavy atom. The monoisotopic (exact) mass is 364 g/mol. The van der Waals surface area contributed by atoms with E-state index in [0.29, 0.717) is 12.5 Å². The fraction of sp³-hybridized carbons (Fsp3) is 0.364. The highest BCUT2D eigenvalue weighted by molar-refractivity contribution is 6.07. The molecule has 0 aliphatic carbocycles. The van der Waals surface area contributed by atoms with Gasteiger partial charge in [0.25, 0.3) is 5.91 Å². The lowest BCUT2D eigenvalue weighted by Crippen LogP contribution is -2.40. The zero-order valence-electron chi connectivity index (χ0n) is 15.6. The highest BCUT2D eigenvalue weighted by Crippen LogP contribution is 2.41. The Morgan fingerprint density at radius 2 is 1.56 bits per heavy atom. The number of anilines is 1. The van der Waals surface area contributed by atoms with Crippen molar-refractivity contribution in [3.63, 3.8) is 0 Å². The molecule has 0 N–H and O–H groups in total. The van der Waals surface area contributed by atoms with Crippen LogP contribution in [0.2, 0.25) is 0 Å². The van der Waals surface area contributed by atoms with Gasteiger partial charge in [-0.1, -0.05) is 62.4 Å². The number of hydrogen-bond donors (Lipinski definition) is 0. The fourth-order valence-corrected chi connectivity index (χ4v) is 4.02. The molecule has 2 aromatic rings. The first kappa shape index (κ1) is 17.7. The smallest absolute Gasteiger partial charge is 0.262 e. The van der Waals surface area contributed by atoms with E-state index in [-0.39, 0.29) is 17.9 Å². The molecule has 2 heterocycles. The summed E-state index contributed by atoms with van der Waals surface area (Å²) in [5.74, 6) is -0.433. The Labute approximate surface area is 159 Å². The molecule has 2 fully saturated rings. The standard InChI is InChI=1S/C22H24N2O3/c1-15(2)13-18-19-20(27-24(18)17-11-7-4-8-12-17)22(26)23(21(19)25)14-16-9-5-3-6-10-16/h3-12,15,18-20H,13-14H2,1-2H3/t18-,19+,20+/m1/s1. The van der Waals surface area contributed by atoms with Gasteiger partial charge in [-0.2, -0.15) is 0 Å². The molecule has 0 spiro atoms. The minimum atomic E-state index is -0.731. The third-order valence-electron chi connectivity index (χ3n) is 5.24. The normalized spacial score (nSPS) is 24.8. The largest absolute Gasteiger partial charge is 0.275 e. The van der Waals surface area contributed by atoms with Crippen LogP contribution in [-0.2, 0) is 21.0 Å². The lowest BCUT2D eigenvalue weighted by atomic mass is 9.90. The van der Waals surface area contributed by atoms with Crippen LogP contribution in [0.15, 0.2) is 60.7 Å². The number of fused-ring (bicyclic) bond motifs is 1. The van der Waals surface area contributed by atoms with E-state index in [0.717, 1.165) is 17.7 Å². The van der Waals surface area contributed by atoms with E-state index in [1.807, 2.05) is 60.7 Å². The zero-order valence-corrected chi connectivity index (χ0v) is 15.6. The summed E-state index contributed by atoms with van der Waals surface area (Å²) in [6, 6.07) is 19.2. The molecule has 0 saturated carbocycles. The van der Waals surface area contributed by atoms with Crippen molar-refractivity contribution in [2.24, 2.45) is 11.8 Å². The Hall–Kier alpha value is -2.66. The van der Waals surface area contributed by atoms with E-state index in [4.69, 9.17) is 4.84 Å². The maximum atomic E-state index is 13.2. The van der Waals surface area contributed by atoms with Gasteiger partial charge >= 0.3 is 0 Å². The van der Waals surface area contributed by atoms with E-state index in [1.54, 1.807) is 5.06 Å². The van der Waals surface area contributed by atoms with Crippen LogP contribution in [0.5, 0.6) is 0 Å². The Bertz CT molecular complexity index is 822. The molecule has 2 aliphatic heterocycles. The lowest BCUT2D eigenvalue weighted by Gasteiger charge is -2.29. The summed E-state index contributed by atoms with van der Waals surface area (Å²) in [7, 11) is 0. The van der Waals surface area contributed by atoms with Crippen LogP contribution in [0.25, 0.3) is 0 Å². The molecular weight excluding hydrogens is 340 g/mol. The highest BCUT2D eigenvalue weighted by Gasteiger charge is 2.59. The first-order valence-electron chi connectivity index (χ1n) is 9.46. The van der Waals surface area contributed by atoms with Crippen LogP contribution in [0, 0.1) is 11.8 Å². The number of carbonyl (C=O) groups is 2. The van der Waals surface area contributed by atoms with Crippen molar-refractivity contribution >= 4 is 17.5 Å². The summed E-state index contributed by atoms with van der Waals surface area (Å²) in [6.07, 6.45) is 0.0546. The van der Waals surface area contributed by atoms with Crippen LogP contribution in [0.1, 0.15) is 25.8 Å². The number of carbonyl (C=O) groups excluding carboxylic acids is 2. The van der Waals surface area contributed by atoms with Gasteiger partial charge in [0.15, 0.2) is 6.10 Å². The van der Waals surface area contributed by atoms with Crippen molar-refractivity contribution in [1.29, 1.82) is 0 Å². The van der Waals surface area contributed by atoms with Gasteiger partial charge in [-0.15, -0.1) is 0 Å². The Morgan fingerprint density at radius 1 is 0.926 bits per heavy atom. The molecule has 140 valence electrons. The van der Waals surface area contributed by atoms with Gasteiger partial charge in [0.1, 0.15) is 0 Å². The molecule has 2 aromatic carbocycles. The predicted octanol–water partition coefficient (Wildman–Crippen LogP) is 3.41. The second-order valence-electron chi connectivity index (χ2n) is 7.66. The van der Waals surface area contributed by atoms with Gasteiger partial charge in [0, 0.05) is 0 Å². The number of hydrogen-bond acceptors (Lipinski definition) is 4. The van der Waals surface area contributed by atoms with Crippen LogP contribution < -0.4 is 5.06 Å². The van der Waals surface area contributed by atoms with Gasteiger partial charge in [0.2, 0.25) is 5.91 Å². The summed E-state index contributed by atoms with van der Waals surface area (Å²) in [6.45, 7) is 4.55. The molecule has 0 aromatic heterocycles. The molecule has 5 nitrogen and oxygen atoms in total. The van der Waals surface area contributed by atoms with Crippen molar-refractivity contribution in [3.8, 4) is 0 Å². The number of rotatable bonds is 5. The third-order valence-corrected chi connectivity index (χ3v) is 5.24. The number of nitrogens with zero attached hydrogens (tertiary/aromatic N) is 2. The molecule has 0 bridgehead atoms. The van der Waals surface area contributed by atoms with E-state index in [9.17, 15) is 9.59 Å². The molecule has 0 radical (unpaired) electrons. The molecule has 4 rings (SSSR count). The maximum Gasteiger partial charge on any atom is 0.262 e. The SMILES string of the molecule is CC(C)C[C@@H]1[C@@H]2C(=O)N(Cc3ccccc3)C(=O)[C@H]2ON1c1ccccc1. The number of imide groups is 1. The van der Waals surface area contributed by atoms with Crippen molar-refractivity contribution in [2.45, 2.75) is 39.0 Å². The van der Waals surface area contributed by atoms with E-state index in [1.165, 1.54) is 4.90 Å². The molecule has 3 atom stereocenters. The molecule has 2 amide bonds. The topological polar surface area (TPSA) is 49.9 Å². The van der Waals surface area contributed by atoms with Crippen molar-refractivity contribution in [3.05, 3.63) is 66.2 Å². The van der Waals surface area contributed by atoms with Gasteiger partial charge in [0.05, 0.1) is 24.2 Å². The van der Waals surface area contributed by atoms with Crippen molar-refractivity contribution in [1.82, 2.24) is 4.90 Å². The van der Waals surface area contributed by atoms with E-state index >= 15 is 0 Å². The minimum absolute atomic E-state index is 0.127. The lowest BCUT2D eigenvalue weighted by molar-refractivity contribution is -0.143. The number of hydroxylamine groups is 1. The maximum absolute atomic E-state index is 13.2. The number of benzene rings is 2. The second kappa shape index (κ2) is 7.16. The number of likely N-dealkylation sites (tertiary alicyclic amines) is 1. The Balaban J connectivity index is 1.62. The average molecular weight is 364 g/mol. The van der Waals surface area contributed by atoms with Gasteiger partial charge in [-0.25, -0.2) is 5.06 Å². The number of amides is 2. The quantitative estimate of drug-likeness (QED) is 0.763. The first-order valence-corrected chi connectivity index (χ1v) is 9.46. The fourth-order valence-electron chi connectivity index (χ4n) is 4.02. The average Bonchev–Trinajstić information content (AvgIpc) is 3.15. The molecule has 2 aliphatic rings. The summed E-state index contributed by atoms with van der Waals surface area (Å²) < 4.78 is 0. The third kappa shape index (κ3) is 3.23. The minimum Gasteiger partial charge on any atom is -0.275 e. The van der Waals surface area contributed by atoms with Crippen LogP contribution >= 0.6 is 0 Å². The van der Waals surface area contributed by atoms with Crippen LogP contribution in [-0.4, -0.2) is 28.9 Å². The summed E-state index contributed by atoms with van der Waals surface area (Å²) in [5, 5.41) is 1.78. The van der Waals surface area contributed by atoms with Gasteiger partial charge < -0.3 is 0 Å². The molecular formula is C22H24N2O3. The van der Waals surface area contributed by atoms with E-state index in [2.05, 4.69) is 13.8 Å². The predicted molar refractivity (Wildman–Crippen MR) is 103 cm³/mol. The second-order valence-corrected chi connectivity index (χ2v) is 7.66. The summed E-state index contributed by atoms with van der Waals surface area (Å²) in [5.41, 5.74) is 1.83. The number of para-hydroxylation sites is 1. The molecule has 2 saturated heterocycles. The van der Waals surface area contributed by atoms with E-state index < -0.39 is 12.0 Å². The zero-order chi connectivity index (χ0) is 19.0. The Kier molecular flexibility index (Phi) is 4.70.